The van der Waals surface area contributed by atoms with E-state index >= 15 is 0 Å². The first-order chi connectivity index (χ1) is 13.5. The number of hydrazine groups is 1. The maximum atomic E-state index is 12.3. The molecule has 6 nitrogen and oxygen atoms in total. The smallest absolute Gasteiger partial charge is 0.279 e. The van der Waals surface area contributed by atoms with Crippen molar-refractivity contribution in [3.05, 3.63) is 51.2 Å². The third-order valence-corrected chi connectivity index (χ3v) is 5.89. The average Bonchev–Trinajstić information content (AvgIpc) is 3.13. The molecule has 7 heteroatoms. The zero-order valence-corrected chi connectivity index (χ0v) is 17.0. The van der Waals surface area contributed by atoms with E-state index < -0.39 is 5.91 Å². The van der Waals surface area contributed by atoms with Gasteiger partial charge in [-0.1, -0.05) is 6.92 Å². The standard InChI is InChI=1S/C21H24N2O4S/c1-13-4-6-18-15(8-13)11-19(28-18)21(25)23-22-20(24)7-5-14-9-16(26-2)12-17(10-14)27-3/h5,7,9-13H,4,6,8H2,1-3H3,(H,22,24)(H,23,25)/b7-5+/t13-/m1/s1. The van der Waals surface area contributed by atoms with Crippen LogP contribution in [0.1, 0.15) is 39.0 Å². The number of carbonyl (C=O) groups is 2. The molecule has 0 spiro atoms. The van der Waals surface area contributed by atoms with Crippen LogP contribution in [0, 0.1) is 5.92 Å². The molecule has 28 heavy (non-hydrogen) atoms. The molecule has 1 atom stereocenters. The molecule has 0 unspecified atom stereocenters. The molecule has 2 N–H and O–H groups in total. The summed E-state index contributed by atoms with van der Waals surface area (Å²) in [6.07, 6.45) is 6.16. The Labute approximate surface area is 168 Å². The first-order valence-corrected chi connectivity index (χ1v) is 9.93. The van der Waals surface area contributed by atoms with Crippen molar-refractivity contribution in [1.29, 1.82) is 0 Å². The Balaban J connectivity index is 1.57. The number of aryl methyl sites for hydroxylation is 1. The van der Waals surface area contributed by atoms with Crippen molar-refractivity contribution in [2.24, 2.45) is 5.92 Å². The predicted octanol–water partition coefficient (Wildman–Crippen LogP) is 3.36. The van der Waals surface area contributed by atoms with Gasteiger partial charge >= 0.3 is 0 Å². The number of nitrogens with one attached hydrogen (secondary N) is 2. The molecule has 1 aromatic carbocycles. The van der Waals surface area contributed by atoms with E-state index in [2.05, 4.69) is 17.8 Å². The fraction of sp³-hybridized carbons (Fsp3) is 0.333. The Bertz CT molecular complexity index is 882. The van der Waals surface area contributed by atoms with Crippen LogP contribution in [0.4, 0.5) is 0 Å². The van der Waals surface area contributed by atoms with Gasteiger partial charge in [-0.3, -0.25) is 20.4 Å². The quantitative estimate of drug-likeness (QED) is 0.596. The summed E-state index contributed by atoms with van der Waals surface area (Å²) < 4.78 is 10.4. The first-order valence-electron chi connectivity index (χ1n) is 9.11. The van der Waals surface area contributed by atoms with Gasteiger partial charge < -0.3 is 9.47 Å². The summed E-state index contributed by atoms with van der Waals surface area (Å²) in [4.78, 5) is 26.2. The van der Waals surface area contributed by atoms with Crippen LogP contribution < -0.4 is 20.3 Å². The van der Waals surface area contributed by atoms with Crippen molar-refractivity contribution in [3.63, 3.8) is 0 Å². The van der Waals surface area contributed by atoms with Crippen LogP contribution >= 0.6 is 11.3 Å². The number of fused-ring (bicyclic) bond motifs is 1. The second-order valence-electron chi connectivity index (χ2n) is 6.83. The topological polar surface area (TPSA) is 76.7 Å². The number of hydrogen-bond donors (Lipinski definition) is 2. The van der Waals surface area contributed by atoms with Gasteiger partial charge in [0.25, 0.3) is 11.8 Å². The zero-order chi connectivity index (χ0) is 20.1. The fourth-order valence-electron chi connectivity index (χ4n) is 3.14. The van der Waals surface area contributed by atoms with Gasteiger partial charge in [-0.15, -0.1) is 11.3 Å². The minimum Gasteiger partial charge on any atom is -0.497 e. The highest BCUT2D eigenvalue weighted by Gasteiger charge is 2.20. The number of rotatable bonds is 5. The van der Waals surface area contributed by atoms with Gasteiger partial charge in [0.15, 0.2) is 0 Å². The molecular formula is C21H24N2O4S. The highest BCUT2D eigenvalue weighted by molar-refractivity contribution is 7.14. The molecule has 1 aliphatic rings. The molecule has 1 aromatic heterocycles. The summed E-state index contributed by atoms with van der Waals surface area (Å²) in [5.74, 6) is 1.19. The largest absolute Gasteiger partial charge is 0.497 e. The van der Waals surface area contributed by atoms with E-state index in [1.54, 1.807) is 38.5 Å². The van der Waals surface area contributed by atoms with Crippen LogP contribution in [0.25, 0.3) is 6.08 Å². The van der Waals surface area contributed by atoms with Crippen molar-refractivity contribution in [2.75, 3.05) is 14.2 Å². The Morgan fingerprint density at radius 2 is 1.82 bits per heavy atom. The lowest BCUT2D eigenvalue weighted by Crippen LogP contribution is -2.40. The van der Waals surface area contributed by atoms with Gasteiger partial charge in [0, 0.05) is 17.0 Å². The van der Waals surface area contributed by atoms with Crippen molar-refractivity contribution in [1.82, 2.24) is 10.9 Å². The molecule has 0 saturated heterocycles. The molecule has 1 heterocycles. The normalized spacial score (nSPS) is 15.8. The predicted molar refractivity (Wildman–Crippen MR) is 110 cm³/mol. The SMILES string of the molecule is COc1cc(/C=C/C(=O)NNC(=O)c2cc3c(s2)CC[C@@H](C)C3)cc(OC)c1. The molecule has 2 aromatic rings. The molecule has 1 aliphatic carbocycles. The average molecular weight is 401 g/mol. The van der Waals surface area contributed by atoms with E-state index in [9.17, 15) is 9.59 Å². The first kappa shape index (κ1) is 19.9. The van der Waals surface area contributed by atoms with Gasteiger partial charge in [-0.2, -0.15) is 0 Å². The number of thiophene rings is 1. The lowest BCUT2D eigenvalue weighted by atomic mass is 9.90. The number of ether oxygens (including phenoxy) is 2. The summed E-state index contributed by atoms with van der Waals surface area (Å²) in [5, 5.41) is 0. The summed E-state index contributed by atoms with van der Waals surface area (Å²) in [7, 11) is 3.13. The van der Waals surface area contributed by atoms with Crippen LogP contribution in [-0.2, 0) is 17.6 Å². The third-order valence-electron chi connectivity index (χ3n) is 4.65. The van der Waals surface area contributed by atoms with Gasteiger partial charge in [0.1, 0.15) is 11.5 Å². The van der Waals surface area contributed by atoms with Crippen LogP contribution in [0.15, 0.2) is 30.3 Å². The second-order valence-corrected chi connectivity index (χ2v) is 7.97. The number of hydrogen-bond acceptors (Lipinski definition) is 5. The highest BCUT2D eigenvalue weighted by Crippen LogP contribution is 2.32. The molecule has 0 aliphatic heterocycles. The number of benzene rings is 1. The summed E-state index contributed by atoms with van der Waals surface area (Å²) in [6, 6.07) is 7.25. The molecule has 0 bridgehead atoms. The van der Waals surface area contributed by atoms with Crippen molar-refractivity contribution >= 4 is 29.2 Å². The van der Waals surface area contributed by atoms with E-state index in [1.165, 1.54) is 27.9 Å². The number of methoxy groups -OCH3 is 2. The monoisotopic (exact) mass is 400 g/mol. The van der Waals surface area contributed by atoms with Crippen molar-refractivity contribution in [3.8, 4) is 11.5 Å². The Morgan fingerprint density at radius 1 is 1.11 bits per heavy atom. The lowest BCUT2D eigenvalue weighted by molar-refractivity contribution is -0.117. The Kier molecular flexibility index (Phi) is 6.36. The van der Waals surface area contributed by atoms with Crippen LogP contribution in [0.5, 0.6) is 11.5 Å². The summed E-state index contributed by atoms with van der Waals surface area (Å²) in [6.45, 7) is 2.23. The second kappa shape index (κ2) is 8.93. The van der Waals surface area contributed by atoms with E-state index in [-0.39, 0.29) is 5.91 Å². The molecule has 3 rings (SSSR count). The third kappa shape index (κ3) is 4.92. The maximum Gasteiger partial charge on any atom is 0.279 e. The van der Waals surface area contributed by atoms with E-state index in [1.807, 2.05) is 6.07 Å². The van der Waals surface area contributed by atoms with Crippen molar-refractivity contribution in [2.45, 2.75) is 26.2 Å². The van der Waals surface area contributed by atoms with Crippen LogP contribution in [0.2, 0.25) is 0 Å². The van der Waals surface area contributed by atoms with Gasteiger partial charge in [0.05, 0.1) is 19.1 Å². The summed E-state index contributed by atoms with van der Waals surface area (Å²) in [5.41, 5.74) is 6.89. The minimum absolute atomic E-state index is 0.295. The zero-order valence-electron chi connectivity index (χ0n) is 16.2. The molecule has 0 radical (unpaired) electrons. The highest BCUT2D eigenvalue weighted by atomic mass is 32.1. The van der Waals surface area contributed by atoms with Gasteiger partial charge in [-0.05, 0) is 60.6 Å². The van der Waals surface area contributed by atoms with Gasteiger partial charge in [-0.25, -0.2) is 0 Å². The van der Waals surface area contributed by atoms with Gasteiger partial charge in [0.2, 0.25) is 0 Å². The Morgan fingerprint density at radius 3 is 2.50 bits per heavy atom. The Hall–Kier alpha value is -2.80. The van der Waals surface area contributed by atoms with Crippen molar-refractivity contribution < 1.29 is 19.1 Å². The van der Waals surface area contributed by atoms with E-state index in [0.29, 0.717) is 22.3 Å². The minimum atomic E-state index is -0.426. The molecule has 0 fully saturated rings. The van der Waals surface area contributed by atoms with Crippen LogP contribution in [0.3, 0.4) is 0 Å². The lowest BCUT2D eigenvalue weighted by Gasteiger charge is -2.16. The summed E-state index contributed by atoms with van der Waals surface area (Å²) >= 11 is 1.51. The van der Waals surface area contributed by atoms with Crippen LogP contribution in [-0.4, -0.2) is 26.0 Å². The van der Waals surface area contributed by atoms with E-state index in [0.717, 1.165) is 24.8 Å². The fourth-order valence-corrected chi connectivity index (χ4v) is 4.24. The number of amides is 2. The molecule has 2 amide bonds. The molecule has 0 saturated carbocycles. The molecular weight excluding hydrogens is 376 g/mol. The van der Waals surface area contributed by atoms with E-state index in [4.69, 9.17) is 9.47 Å². The molecule has 148 valence electrons. The number of carbonyl (C=O) groups excluding carboxylic acids is 2. The maximum absolute atomic E-state index is 12.3.